The van der Waals surface area contributed by atoms with E-state index in [4.69, 9.17) is 15.3 Å². The predicted molar refractivity (Wildman–Crippen MR) is 76.2 cm³/mol. The molecule has 1 N–H and O–H groups in total. The second-order valence-corrected chi connectivity index (χ2v) is 4.19. The van der Waals surface area contributed by atoms with E-state index in [1.807, 2.05) is 24.3 Å². The molecule has 0 aliphatic carbocycles. The van der Waals surface area contributed by atoms with Crippen molar-refractivity contribution < 1.29 is 4.74 Å². The summed E-state index contributed by atoms with van der Waals surface area (Å²) in [6.07, 6.45) is 0. The molecule has 0 bridgehead atoms. The molecule has 0 aliphatic rings. The molecule has 0 saturated heterocycles. The first-order valence-electron chi connectivity index (χ1n) is 6.08. The van der Waals surface area contributed by atoms with Gasteiger partial charge >= 0.3 is 0 Å². The van der Waals surface area contributed by atoms with Crippen molar-refractivity contribution in [1.29, 1.82) is 10.5 Å². The molecular weight excluding hydrogens is 250 g/mol. The van der Waals surface area contributed by atoms with Crippen LogP contribution in [0, 0.1) is 22.7 Å². The third-order valence-corrected chi connectivity index (χ3v) is 2.90. The van der Waals surface area contributed by atoms with Crippen LogP contribution in [0.4, 0.5) is 5.69 Å². The van der Waals surface area contributed by atoms with Gasteiger partial charge in [-0.2, -0.15) is 10.5 Å². The Bertz CT molecular complexity index is 678. The fourth-order valence-electron chi connectivity index (χ4n) is 1.80. The van der Waals surface area contributed by atoms with Gasteiger partial charge in [0, 0.05) is 12.2 Å². The van der Waals surface area contributed by atoms with Crippen LogP contribution in [-0.2, 0) is 6.54 Å². The van der Waals surface area contributed by atoms with E-state index in [0.29, 0.717) is 23.4 Å². The van der Waals surface area contributed by atoms with Crippen molar-refractivity contribution in [3.8, 4) is 17.9 Å². The van der Waals surface area contributed by atoms with E-state index in [0.717, 1.165) is 11.3 Å². The summed E-state index contributed by atoms with van der Waals surface area (Å²) < 4.78 is 5.17. The quantitative estimate of drug-likeness (QED) is 0.920. The van der Waals surface area contributed by atoms with Crippen LogP contribution >= 0.6 is 0 Å². The summed E-state index contributed by atoms with van der Waals surface area (Å²) in [4.78, 5) is 0. The van der Waals surface area contributed by atoms with Crippen LogP contribution in [0.2, 0.25) is 0 Å². The Labute approximate surface area is 117 Å². The highest BCUT2D eigenvalue weighted by molar-refractivity contribution is 5.49. The van der Waals surface area contributed by atoms with Gasteiger partial charge in [-0.1, -0.05) is 6.07 Å². The summed E-state index contributed by atoms with van der Waals surface area (Å²) in [6.45, 7) is 0.619. The smallest absolute Gasteiger partial charge is 0.136 e. The second kappa shape index (κ2) is 6.26. The van der Waals surface area contributed by atoms with Gasteiger partial charge in [0.2, 0.25) is 0 Å². The molecule has 20 heavy (non-hydrogen) atoms. The van der Waals surface area contributed by atoms with Gasteiger partial charge in [-0.05, 0) is 42.0 Å². The van der Waals surface area contributed by atoms with E-state index < -0.39 is 0 Å². The van der Waals surface area contributed by atoms with Gasteiger partial charge in [0.1, 0.15) is 11.8 Å². The average molecular weight is 263 g/mol. The van der Waals surface area contributed by atoms with Gasteiger partial charge in [-0.15, -0.1) is 0 Å². The molecule has 0 saturated carbocycles. The molecule has 0 heterocycles. The number of nitriles is 2. The largest absolute Gasteiger partial charge is 0.495 e. The van der Waals surface area contributed by atoms with Gasteiger partial charge in [-0.25, -0.2) is 0 Å². The van der Waals surface area contributed by atoms with Crippen LogP contribution in [0.15, 0.2) is 42.5 Å². The van der Waals surface area contributed by atoms with Crippen LogP contribution in [-0.4, -0.2) is 7.11 Å². The summed E-state index contributed by atoms with van der Waals surface area (Å²) in [6, 6.07) is 16.9. The molecule has 2 aromatic rings. The predicted octanol–water partition coefficient (Wildman–Crippen LogP) is 3.05. The number of rotatable bonds is 4. The Kier molecular flexibility index (Phi) is 4.21. The molecule has 4 heteroatoms. The number of ether oxygens (including phenoxy) is 1. The number of hydrogen-bond acceptors (Lipinski definition) is 4. The lowest BCUT2D eigenvalue weighted by Gasteiger charge is -2.09. The minimum atomic E-state index is 0.523. The normalized spacial score (nSPS) is 9.35. The van der Waals surface area contributed by atoms with Crippen LogP contribution < -0.4 is 10.1 Å². The number of methoxy groups -OCH3 is 1. The van der Waals surface area contributed by atoms with E-state index in [1.165, 1.54) is 0 Å². The van der Waals surface area contributed by atoms with E-state index in [9.17, 15) is 0 Å². The summed E-state index contributed by atoms with van der Waals surface area (Å²) in [5, 5.41) is 20.9. The topological polar surface area (TPSA) is 68.8 Å². The first-order valence-corrected chi connectivity index (χ1v) is 6.08. The van der Waals surface area contributed by atoms with Gasteiger partial charge in [-0.3, -0.25) is 0 Å². The summed E-state index contributed by atoms with van der Waals surface area (Å²) >= 11 is 0. The van der Waals surface area contributed by atoms with Crippen LogP contribution in [0.3, 0.4) is 0 Å². The van der Waals surface area contributed by atoms with Crippen molar-refractivity contribution in [3.63, 3.8) is 0 Å². The lowest BCUT2D eigenvalue weighted by molar-refractivity contribution is 0.413. The third kappa shape index (κ3) is 3.07. The molecule has 0 aliphatic heterocycles. The fraction of sp³-hybridized carbons (Fsp3) is 0.125. The molecule has 0 aromatic heterocycles. The average Bonchev–Trinajstić information content (AvgIpc) is 2.53. The van der Waals surface area contributed by atoms with E-state index in [1.54, 1.807) is 25.3 Å². The maximum Gasteiger partial charge on any atom is 0.136 e. The maximum atomic E-state index is 8.93. The standard InChI is InChI=1S/C16H13N3O/c1-20-16-8-13(2-5-14(16)10-18)11-19-15-6-3-12(9-17)4-7-15/h2-8,19H,11H2,1H3. The lowest BCUT2D eigenvalue weighted by atomic mass is 10.1. The van der Waals surface area contributed by atoms with E-state index in [2.05, 4.69) is 17.5 Å². The molecule has 2 aromatic carbocycles. The summed E-state index contributed by atoms with van der Waals surface area (Å²) in [7, 11) is 1.55. The van der Waals surface area contributed by atoms with Gasteiger partial charge in [0.05, 0.1) is 24.3 Å². The van der Waals surface area contributed by atoms with E-state index >= 15 is 0 Å². The van der Waals surface area contributed by atoms with Crippen molar-refractivity contribution in [2.45, 2.75) is 6.54 Å². The Morgan fingerprint density at radius 1 is 1.05 bits per heavy atom. The Balaban J connectivity index is 2.07. The Hall–Kier alpha value is -2.98. The van der Waals surface area contributed by atoms with Crippen molar-refractivity contribution in [2.24, 2.45) is 0 Å². The molecule has 4 nitrogen and oxygen atoms in total. The SMILES string of the molecule is COc1cc(CNc2ccc(C#N)cc2)ccc1C#N. The monoisotopic (exact) mass is 263 g/mol. The second-order valence-electron chi connectivity index (χ2n) is 4.19. The van der Waals surface area contributed by atoms with E-state index in [-0.39, 0.29) is 0 Å². The highest BCUT2D eigenvalue weighted by atomic mass is 16.5. The lowest BCUT2D eigenvalue weighted by Crippen LogP contribution is -2.00. The molecule has 0 radical (unpaired) electrons. The van der Waals surface area contributed by atoms with Crippen molar-refractivity contribution >= 4 is 5.69 Å². The summed E-state index contributed by atoms with van der Waals surface area (Å²) in [5.41, 5.74) is 3.11. The number of anilines is 1. The number of benzene rings is 2. The molecule has 0 atom stereocenters. The molecule has 0 fully saturated rings. The minimum absolute atomic E-state index is 0.523. The third-order valence-electron chi connectivity index (χ3n) is 2.90. The van der Waals surface area contributed by atoms with Crippen LogP contribution in [0.25, 0.3) is 0 Å². The molecular formula is C16H13N3O. The van der Waals surface area contributed by atoms with Crippen LogP contribution in [0.5, 0.6) is 5.75 Å². The maximum absolute atomic E-state index is 8.93. The highest BCUT2D eigenvalue weighted by Crippen LogP contribution is 2.20. The Morgan fingerprint density at radius 3 is 2.40 bits per heavy atom. The zero-order chi connectivity index (χ0) is 14.4. The molecule has 98 valence electrons. The van der Waals surface area contributed by atoms with Gasteiger partial charge < -0.3 is 10.1 Å². The summed E-state index contributed by atoms with van der Waals surface area (Å²) in [5.74, 6) is 0.576. The minimum Gasteiger partial charge on any atom is -0.495 e. The van der Waals surface area contributed by atoms with Crippen molar-refractivity contribution in [1.82, 2.24) is 0 Å². The number of hydrogen-bond donors (Lipinski definition) is 1. The van der Waals surface area contributed by atoms with Gasteiger partial charge in [0.25, 0.3) is 0 Å². The van der Waals surface area contributed by atoms with Gasteiger partial charge in [0.15, 0.2) is 0 Å². The fourth-order valence-corrected chi connectivity index (χ4v) is 1.80. The molecule has 0 amide bonds. The zero-order valence-electron chi connectivity index (χ0n) is 11.1. The first-order chi connectivity index (χ1) is 9.76. The number of nitrogens with one attached hydrogen (secondary N) is 1. The first kappa shape index (κ1) is 13.5. The highest BCUT2D eigenvalue weighted by Gasteiger charge is 2.03. The zero-order valence-corrected chi connectivity index (χ0v) is 11.1. The van der Waals surface area contributed by atoms with Crippen molar-refractivity contribution in [2.75, 3.05) is 12.4 Å². The van der Waals surface area contributed by atoms with Crippen LogP contribution in [0.1, 0.15) is 16.7 Å². The molecule has 2 rings (SSSR count). The van der Waals surface area contributed by atoms with Crippen molar-refractivity contribution in [3.05, 3.63) is 59.2 Å². The Morgan fingerprint density at radius 2 is 1.80 bits per heavy atom. The molecule has 0 unspecified atom stereocenters. The number of nitrogens with zero attached hydrogens (tertiary/aromatic N) is 2. The molecule has 0 spiro atoms.